The van der Waals surface area contributed by atoms with Crippen molar-refractivity contribution in [2.75, 3.05) is 23.7 Å². The molecule has 0 aromatic carbocycles. The number of rotatable bonds is 1. The molecule has 0 aliphatic carbocycles. The summed E-state index contributed by atoms with van der Waals surface area (Å²) in [5, 5.41) is 9.40. The van der Waals surface area contributed by atoms with Crippen LogP contribution in [-0.2, 0) is 0 Å². The third-order valence-electron chi connectivity index (χ3n) is 2.49. The van der Waals surface area contributed by atoms with Crippen molar-refractivity contribution < 1.29 is 5.11 Å². The Balaban J connectivity index is 2.24. The number of β-amino-alcohol motifs (C(OH)–C–C–N with tert-alkyl or cyclic N) is 1. The van der Waals surface area contributed by atoms with Crippen molar-refractivity contribution in [1.82, 2.24) is 4.98 Å². The molecule has 1 aliphatic heterocycles. The van der Waals surface area contributed by atoms with Crippen molar-refractivity contribution in [3.05, 3.63) is 17.8 Å². The summed E-state index contributed by atoms with van der Waals surface area (Å²) in [5.74, 6) is 0.798. The molecule has 1 atom stereocenters. The number of anilines is 2. The summed E-state index contributed by atoms with van der Waals surface area (Å²) in [4.78, 5) is 6.31. The predicted molar refractivity (Wildman–Crippen MR) is 56.2 cm³/mol. The average Bonchev–Trinajstić information content (AvgIpc) is 2.51. The van der Waals surface area contributed by atoms with Gasteiger partial charge in [0.15, 0.2) is 5.82 Å². The van der Waals surface area contributed by atoms with Crippen LogP contribution in [0.2, 0.25) is 0 Å². The van der Waals surface area contributed by atoms with Gasteiger partial charge in [-0.3, -0.25) is 0 Å². The van der Waals surface area contributed by atoms with E-state index in [1.165, 1.54) is 0 Å². The molecule has 4 nitrogen and oxygen atoms in total. The minimum Gasteiger partial charge on any atom is -0.396 e. The molecule has 3 N–H and O–H groups in total. The van der Waals surface area contributed by atoms with Gasteiger partial charge in [0, 0.05) is 19.3 Å². The summed E-state index contributed by atoms with van der Waals surface area (Å²) in [6, 6.07) is 1.91. The van der Waals surface area contributed by atoms with Crippen molar-refractivity contribution in [2.45, 2.75) is 19.4 Å². The molecule has 1 aliphatic rings. The molecule has 2 rings (SSSR count). The molecule has 76 valence electrons. The number of aliphatic hydroxyl groups excluding tert-OH is 1. The molecular formula is C10H15N3O. The van der Waals surface area contributed by atoms with Gasteiger partial charge in [-0.05, 0) is 25.0 Å². The van der Waals surface area contributed by atoms with E-state index in [0.717, 1.165) is 24.3 Å². The molecule has 14 heavy (non-hydrogen) atoms. The normalized spacial score (nSPS) is 21.6. The SMILES string of the molecule is Cc1cnc(N2CCC(O)C2)c(N)c1. The maximum atomic E-state index is 9.40. The van der Waals surface area contributed by atoms with E-state index in [1.54, 1.807) is 6.20 Å². The highest BCUT2D eigenvalue weighted by Crippen LogP contribution is 2.24. The van der Waals surface area contributed by atoms with Crippen molar-refractivity contribution in [1.29, 1.82) is 0 Å². The van der Waals surface area contributed by atoms with E-state index in [2.05, 4.69) is 4.98 Å². The minimum atomic E-state index is -0.238. The van der Waals surface area contributed by atoms with Crippen LogP contribution in [0.15, 0.2) is 12.3 Å². The number of nitrogen functional groups attached to an aromatic ring is 1. The number of pyridine rings is 1. The fourth-order valence-corrected chi connectivity index (χ4v) is 1.78. The minimum absolute atomic E-state index is 0.238. The first-order valence-electron chi connectivity index (χ1n) is 4.82. The number of aromatic nitrogens is 1. The number of nitrogens with zero attached hydrogens (tertiary/aromatic N) is 2. The van der Waals surface area contributed by atoms with Crippen LogP contribution >= 0.6 is 0 Å². The average molecular weight is 193 g/mol. The zero-order chi connectivity index (χ0) is 10.1. The Kier molecular flexibility index (Phi) is 2.29. The van der Waals surface area contributed by atoms with E-state index < -0.39 is 0 Å². The molecule has 1 aromatic heterocycles. The van der Waals surface area contributed by atoms with Crippen LogP contribution in [-0.4, -0.2) is 29.3 Å². The molecule has 0 saturated carbocycles. The first kappa shape index (κ1) is 9.27. The van der Waals surface area contributed by atoms with Gasteiger partial charge in [0.05, 0.1) is 11.8 Å². The van der Waals surface area contributed by atoms with Gasteiger partial charge in [0.25, 0.3) is 0 Å². The van der Waals surface area contributed by atoms with Crippen molar-refractivity contribution in [3.63, 3.8) is 0 Å². The van der Waals surface area contributed by atoms with Gasteiger partial charge in [-0.15, -0.1) is 0 Å². The second kappa shape index (κ2) is 3.46. The molecular weight excluding hydrogens is 178 g/mol. The maximum Gasteiger partial charge on any atom is 0.151 e. The molecule has 0 radical (unpaired) electrons. The topological polar surface area (TPSA) is 62.4 Å². The van der Waals surface area contributed by atoms with E-state index in [4.69, 9.17) is 5.73 Å². The summed E-state index contributed by atoms with van der Waals surface area (Å²) in [6.45, 7) is 3.44. The van der Waals surface area contributed by atoms with Gasteiger partial charge in [-0.25, -0.2) is 4.98 Å². The van der Waals surface area contributed by atoms with Gasteiger partial charge >= 0.3 is 0 Å². The smallest absolute Gasteiger partial charge is 0.151 e. The van der Waals surface area contributed by atoms with Crippen molar-refractivity contribution >= 4 is 11.5 Å². The van der Waals surface area contributed by atoms with E-state index in [9.17, 15) is 5.11 Å². The largest absolute Gasteiger partial charge is 0.396 e. The Morgan fingerprint density at radius 1 is 1.64 bits per heavy atom. The zero-order valence-corrected chi connectivity index (χ0v) is 8.27. The highest BCUT2D eigenvalue weighted by atomic mass is 16.3. The van der Waals surface area contributed by atoms with Crippen molar-refractivity contribution in [2.24, 2.45) is 0 Å². The number of hydrogen-bond acceptors (Lipinski definition) is 4. The monoisotopic (exact) mass is 193 g/mol. The van der Waals surface area contributed by atoms with Crippen LogP contribution in [0.1, 0.15) is 12.0 Å². The fraction of sp³-hybridized carbons (Fsp3) is 0.500. The zero-order valence-electron chi connectivity index (χ0n) is 8.27. The first-order valence-corrected chi connectivity index (χ1v) is 4.82. The lowest BCUT2D eigenvalue weighted by Crippen LogP contribution is -2.23. The summed E-state index contributed by atoms with van der Waals surface area (Å²) in [5.41, 5.74) is 7.62. The first-order chi connectivity index (χ1) is 6.66. The molecule has 0 amide bonds. The predicted octanol–water partition coefficient (Wildman–Crippen LogP) is 0.543. The molecule has 1 fully saturated rings. The maximum absolute atomic E-state index is 9.40. The second-order valence-electron chi connectivity index (χ2n) is 3.81. The molecule has 1 unspecified atom stereocenters. The second-order valence-corrected chi connectivity index (χ2v) is 3.81. The van der Waals surface area contributed by atoms with Crippen LogP contribution in [0.3, 0.4) is 0 Å². The lowest BCUT2D eigenvalue weighted by atomic mass is 10.3. The van der Waals surface area contributed by atoms with Gasteiger partial charge in [-0.1, -0.05) is 0 Å². The number of aliphatic hydroxyl groups is 1. The van der Waals surface area contributed by atoms with Crippen LogP contribution in [0.5, 0.6) is 0 Å². The summed E-state index contributed by atoms with van der Waals surface area (Å²) in [7, 11) is 0. The number of aryl methyl sites for hydroxylation is 1. The fourth-order valence-electron chi connectivity index (χ4n) is 1.78. The van der Waals surface area contributed by atoms with Gasteiger partial charge in [0.2, 0.25) is 0 Å². The van der Waals surface area contributed by atoms with Gasteiger partial charge in [-0.2, -0.15) is 0 Å². The van der Waals surface area contributed by atoms with Crippen LogP contribution in [0.25, 0.3) is 0 Å². The van der Waals surface area contributed by atoms with E-state index >= 15 is 0 Å². The lowest BCUT2D eigenvalue weighted by Gasteiger charge is -2.18. The highest BCUT2D eigenvalue weighted by Gasteiger charge is 2.22. The Hall–Kier alpha value is -1.29. The van der Waals surface area contributed by atoms with Gasteiger partial charge < -0.3 is 15.7 Å². The third-order valence-corrected chi connectivity index (χ3v) is 2.49. The third kappa shape index (κ3) is 1.65. The van der Waals surface area contributed by atoms with E-state index in [0.29, 0.717) is 12.2 Å². The summed E-state index contributed by atoms with van der Waals surface area (Å²) >= 11 is 0. The molecule has 4 heteroatoms. The van der Waals surface area contributed by atoms with Crippen molar-refractivity contribution in [3.8, 4) is 0 Å². The number of hydrogen-bond donors (Lipinski definition) is 2. The molecule has 1 saturated heterocycles. The lowest BCUT2D eigenvalue weighted by molar-refractivity contribution is 0.198. The molecule has 2 heterocycles. The molecule has 1 aromatic rings. The quantitative estimate of drug-likeness (QED) is 0.683. The Labute approximate surface area is 83.4 Å². The van der Waals surface area contributed by atoms with Crippen LogP contribution < -0.4 is 10.6 Å². The Morgan fingerprint density at radius 3 is 3.00 bits per heavy atom. The van der Waals surface area contributed by atoms with Crippen LogP contribution in [0, 0.1) is 6.92 Å². The Bertz CT molecular complexity index is 340. The van der Waals surface area contributed by atoms with E-state index in [-0.39, 0.29) is 6.10 Å². The molecule has 0 bridgehead atoms. The Morgan fingerprint density at radius 2 is 2.43 bits per heavy atom. The van der Waals surface area contributed by atoms with Gasteiger partial charge in [0.1, 0.15) is 0 Å². The summed E-state index contributed by atoms with van der Waals surface area (Å²) < 4.78 is 0. The van der Waals surface area contributed by atoms with Crippen LogP contribution in [0.4, 0.5) is 11.5 Å². The molecule has 0 spiro atoms. The highest BCUT2D eigenvalue weighted by molar-refractivity contribution is 5.63. The standard InChI is InChI=1S/C10H15N3O/c1-7-4-9(11)10(12-5-7)13-3-2-8(14)6-13/h4-5,8,14H,2-3,6,11H2,1H3. The number of nitrogens with two attached hydrogens (primary N) is 1. The van der Waals surface area contributed by atoms with E-state index in [1.807, 2.05) is 17.9 Å². The summed E-state index contributed by atoms with van der Waals surface area (Å²) in [6.07, 6.45) is 2.36.